The van der Waals surface area contributed by atoms with Crippen LogP contribution >= 0.6 is 22.7 Å². The van der Waals surface area contributed by atoms with E-state index in [2.05, 4.69) is 28.5 Å². The molecule has 1 aliphatic rings. The fourth-order valence-corrected chi connectivity index (χ4v) is 7.65. The second-order valence-corrected chi connectivity index (χ2v) is 11.9. The Labute approximate surface area is 234 Å². The van der Waals surface area contributed by atoms with Crippen molar-refractivity contribution in [3.8, 4) is 6.07 Å². The van der Waals surface area contributed by atoms with Crippen molar-refractivity contribution in [2.24, 2.45) is 0 Å². The van der Waals surface area contributed by atoms with Gasteiger partial charge in [0.1, 0.15) is 26.6 Å². The van der Waals surface area contributed by atoms with E-state index in [-0.39, 0.29) is 34.5 Å². The SMILES string of the molecule is CCOC(=O)c1c(NC(=O)c2sc3nc(N)c(C#N)c(C(C)C)c3c2N)sc2c1CCC(c1ccccc1)C2. The van der Waals surface area contributed by atoms with Crippen LogP contribution in [0.25, 0.3) is 10.2 Å². The summed E-state index contributed by atoms with van der Waals surface area (Å²) in [4.78, 5) is 32.9. The molecule has 0 saturated carbocycles. The smallest absolute Gasteiger partial charge is 0.341 e. The number of nitrogens with zero attached hydrogens (tertiary/aromatic N) is 2. The summed E-state index contributed by atoms with van der Waals surface area (Å²) in [5.74, 6) is -0.480. The van der Waals surface area contributed by atoms with Gasteiger partial charge in [-0.25, -0.2) is 9.78 Å². The number of pyridine rings is 1. The maximum absolute atomic E-state index is 13.6. The number of carbonyl (C=O) groups is 2. The number of nitrogens with one attached hydrogen (secondary N) is 1. The van der Waals surface area contributed by atoms with E-state index in [1.165, 1.54) is 16.9 Å². The first kappa shape index (κ1) is 26.7. The zero-order chi connectivity index (χ0) is 27.8. The minimum Gasteiger partial charge on any atom is -0.462 e. The van der Waals surface area contributed by atoms with Crippen LogP contribution in [0.15, 0.2) is 30.3 Å². The van der Waals surface area contributed by atoms with Gasteiger partial charge in [-0.2, -0.15) is 5.26 Å². The third kappa shape index (κ3) is 4.73. The molecule has 3 aromatic heterocycles. The Morgan fingerprint density at radius 3 is 2.64 bits per heavy atom. The van der Waals surface area contributed by atoms with E-state index in [9.17, 15) is 14.9 Å². The molecule has 0 aliphatic heterocycles. The molecule has 10 heteroatoms. The van der Waals surface area contributed by atoms with Gasteiger partial charge in [0.05, 0.1) is 23.4 Å². The van der Waals surface area contributed by atoms with Crippen LogP contribution in [0.2, 0.25) is 0 Å². The Bertz CT molecular complexity index is 1630. The average Bonchev–Trinajstić information content (AvgIpc) is 3.44. The molecule has 1 aromatic carbocycles. The minimum atomic E-state index is -0.442. The molecular formula is C29H29N5O3S2. The van der Waals surface area contributed by atoms with E-state index in [1.807, 2.05) is 32.0 Å². The first-order chi connectivity index (χ1) is 18.7. The molecule has 1 atom stereocenters. The quantitative estimate of drug-likeness (QED) is 0.238. The topological polar surface area (TPSA) is 144 Å². The number of amides is 1. The van der Waals surface area contributed by atoms with E-state index < -0.39 is 11.9 Å². The summed E-state index contributed by atoms with van der Waals surface area (Å²) >= 11 is 2.54. The van der Waals surface area contributed by atoms with Crippen LogP contribution < -0.4 is 16.8 Å². The lowest BCUT2D eigenvalue weighted by Crippen LogP contribution is -2.17. The van der Waals surface area contributed by atoms with Crippen LogP contribution in [0.4, 0.5) is 16.5 Å². The monoisotopic (exact) mass is 559 g/mol. The molecule has 39 heavy (non-hydrogen) atoms. The lowest BCUT2D eigenvalue weighted by molar-refractivity contribution is 0.0526. The number of nitrogen functional groups attached to an aromatic ring is 2. The van der Waals surface area contributed by atoms with Crippen LogP contribution in [-0.2, 0) is 17.6 Å². The standard InChI is InChI=1S/C29H29N5O3S2/c1-4-37-29(36)21-17-11-10-16(15-8-6-5-7-9-15)12-19(17)38-27(21)34-26(35)24-23(31)22-20(14(2)3)18(13-30)25(32)33-28(22)39-24/h5-9,14,16H,4,10-12,31H2,1-3H3,(H2,32,33)(H,34,35). The highest BCUT2D eigenvalue weighted by Gasteiger charge is 2.32. The number of carbonyl (C=O) groups excluding carboxylic acids is 2. The van der Waals surface area contributed by atoms with E-state index in [1.54, 1.807) is 6.92 Å². The van der Waals surface area contributed by atoms with Gasteiger partial charge in [0.2, 0.25) is 0 Å². The number of esters is 1. The molecule has 0 saturated heterocycles. The molecule has 0 radical (unpaired) electrons. The Morgan fingerprint density at radius 2 is 1.97 bits per heavy atom. The third-order valence-electron chi connectivity index (χ3n) is 7.08. The zero-order valence-electron chi connectivity index (χ0n) is 22.0. The Kier molecular flexibility index (Phi) is 7.30. The highest BCUT2D eigenvalue weighted by atomic mass is 32.1. The molecule has 4 aromatic rings. The predicted molar refractivity (Wildman–Crippen MR) is 157 cm³/mol. The highest BCUT2D eigenvalue weighted by Crippen LogP contribution is 2.44. The third-order valence-corrected chi connectivity index (χ3v) is 9.35. The molecule has 5 N–H and O–H groups in total. The molecule has 0 fully saturated rings. The molecule has 1 unspecified atom stereocenters. The van der Waals surface area contributed by atoms with Crippen LogP contribution in [0.1, 0.15) is 86.2 Å². The number of nitrogens with two attached hydrogens (primary N) is 2. The maximum atomic E-state index is 13.6. The number of anilines is 3. The van der Waals surface area contributed by atoms with Crippen molar-refractivity contribution in [3.63, 3.8) is 0 Å². The summed E-state index contributed by atoms with van der Waals surface area (Å²) < 4.78 is 5.38. The lowest BCUT2D eigenvalue weighted by Gasteiger charge is -2.23. The van der Waals surface area contributed by atoms with Crippen molar-refractivity contribution in [3.05, 3.63) is 67.9 Å². The van der Waals surface area contributed by atoms with E-state index in [4.69, 9.17) is 16.2 Å². The minimum absolute atomic E-state index is 0.0581. The summed E-state index contributed by atoms with van der Waals surface area (Å²) in [5, 5.41) is 13.7. The van der Waals surface area contributed by atoms with Crippen LogP contribution in [0, 0.1) is 11.3 Å². The van der Waals surface area contributed by atoms with Gasteiger partial charge in [-0.15, -0.1) is 22.7 Å². The number of aromatic nitrogens is 1. The number of hydrogen-bond donors (Lipinski definition) is 3. The number of ether oxygens (including phenoxy) is 1. The summed E-state index contributed by atoms with van der Waals surface area (Å²) in [5.41, 5.74) is 16.4. The van der Waals surface area contributed by atoms with Crippen molar-refractivity contribution >= 4 is 61.3 Å². The first-order valence-electron chi connectivity index (χ1n) is 12.8. The summed E-state index contributed by atoms with van der Waals surface area (Å²) in [7, 11) is 0. The fourth-order valence-electron chi connectivity index (χ4n) is 5.33. The molecule has 0 spiro atoms. The van der Waals surface area contributed by atoms with Crippen LogP contribution in [-0.4, -0.2) is 23.5 Å². The van der Waals surface area contributed by atoms with Crippen LogP contribution in [0.3, 0.4) is 0 Å². The van der Waals surface area contributed by atoms with E-state index in [0.29, 0.717) is 32.3 Å². The Hall–Kier alpha value is -3.94. The summed E-state index contributed by atoms with van der Waals surface area (Å²) in [6, 6.07) is 12.5. The molecule has 3 heterocycles. The molecule has 200 valence electrons. The molecule has 8 nitrogen and oxygen atoms in total. The van der Waals surface area contributed by atoms with Gasteiger partial charge in [0.25, 0.3) is 5.91 Å². The van der Waals surface area contributed by atoms with Gasteiger partial charge in [-0.3, -0.25) is 4.79 Å². The molecular weight excluding hydrogens is 530 g/mol. The largest absolute Gasteiger partial charge is 0.462 e. The maximum Gasteiger partial charge on any atom is 0.341 e. The highest BCUT2D eigenvalue weighted by molar-refractivity contribution is 7.21. The van der Waals surface area contributed by atoms with Crippen molar-refractivity contribution in [2.75, 3.05) is 23.4 Å². The van der Waals surface area contributed by atoms with Gasteiger partial charge >= 0.3 is 5.97 Å². The first-order valence-corrected chi connectivity index (χ1v) is 14.5. The zero-order valence-corrected chi connectivity index (χ0v) is 23.6. The van der Waals surface area contributed by atoms with Gasteiger partial charge in [0, 0.05) is 10.3 Å². The van der Waals surface area contributed by atoms with E-state index in [0.717, 1.165) is 41.0 Å². The van der Waals surface area contributed by atoms with Gasteiger partial charge in [-0.05, 0) is 54.7 Å². The Morgan fingerprint density at radius 1 is 1.23 bits per heavy atom. The second-order valence-electron chi connectivity index (χ2n) is 9.81. The van der Waals surface area contributed by atoms with E-state index >= 15 is 0 Å². The van der Waals surface area contributed by atoms with Crippen molar-refractivity contribution in [1.82, 2.24) is 4.98 Å². The number of hydrogen-bond acceptors (Lipinski definition) is 9. The van der Waals surface area contributed by atoms with Gasteiger partial charge in [-0.1, -0.05) is 44.2 Å². The molecule has 0 bridgehead atoms. The summed E-state index contributed by atoms with van der Waals surface area (Å²) in [6.45, 7) is 5.88. The molecule has 5 rings (SSSR count). The average molecular weight is 560 g/mol. The second kappa shape index (κ2) is 10.7. The molecule has 1 amide bonds. The molecule has 1 aliphatic carbocycles. The Balaban J connectivity index is 1.54. The number of nitriles is 1. The number of thiophene rings is 2. The normalized spacial score (nSPS) is 14.7. The summed E-state index contributed by atoms with van der Waals surface area (Å²) in [6.07, 6.45) is 2.41. The predicted octanol–water partition coefficient (Wildman–Crippen LogP) is 6.22. The van der Waals surface area contributed by atoms with Gasteiger partial charge < -0.3 is 21.5 Å². The van der Waals surface area contributed by atoms with Crippen molar-refractivity contribution in [2.45, 2.75) is 51.9 Å². The van der Waals surface area contributed by atoms with Crippen molar-refractivity contribution in [1.29, 1.82) is 5.26 Å². The number of rotatable bonds is 6. The fraction of sp³-hybridized carbons (Fsp3) is 0.310. The lowest BCUT2D eigenvalue weighted by atomic mass is 9.83. The van der Waals surface area contributed by atoms with Crippen LogP contribution in [0.5, 0.6) is 0 Å². The van der Waals surface area contributed by atoms with Gasteiger partial charge in [0.15, 0.2) is 0 Å². The number of benzene rings is 1. The number of fused-ring (bicyclic) bond motifs is 2. The van der Waals surface area contributed by atoms with Crippen molar-refractivity contribution < 1.29 is 14.3 Å².